The molecule has 0 saturated carbocycles. The summed E-state index contributed by atoms with van der Waals surface area (Å²) in [7, 11) is 1.64. The maximum absolute atomic E-state index is 6.33. The summed E-state index contributed by atoms with van der Waals surface area (Å²) < 4.78 is 6.10. The van der Waals surface area contributed by atoms with E-state index in [4.69, 9.17) is 22.1 Å². The van der Waals surface area contributed by atoms with Crippen molar-refractivity contribution in [3.05, 3.63) is 62.6 Å². The zero-order chi connectivity index (χ0) is 14.0. The molecule has 19 heavy (non-hydrogen) atoms. The fraction of sp³-hybridized carbons (Fsp3) is 0.200. The van der Waals surface area contributed by atoms with Gasteiger partial charge in [0.25, 0.3) is 0 Å². The Bertz CT molecular complexity index is 601. The predicted molar refractivity (Wildman–Crippen MR) is 82.9 cm³/mol. The standard InChI is InChI=1S/C15H15BrClNO/c1-9-4-3-5-12(14(9)17)15(18)11-7-6-10(19-2)8-13(11)16/h3-8,15H,18H2,1-2H3. The third kappa shape index (κ3) is 2.94. The van der Waals surface area contributed by atoms with Crippen LogP contribution in [0.3, 0.4) is 0 Å². The second-order valence-corrected chi connectivity index (χ2v) is 5.58. The molecule has 0 amide bonds. The van der Waals surface area contributed by atoms with Crippen LogP contribution in [0.25, 0.3) is 0 Å². The van der Waals surface area contributed by atoms with Gasteiger partial charge in [0.2, 0.25) is 0 Å². The minimum absolute atomic E-state index is 0.271. The normalized spacial score (nSPS) is 12.3. The van der Waals surface area contributed by atoms with Crippen molar-refractivity contribution in [1.29, 1.82) is 0 Å². The van der Waals surface area contributed by atoms with Crippen LogP contribution in [0.5, 0.6) is 5.75 Å². The molecule has 1 unspecified atom stereocenters. The molecule has 2 rings (SSSR count). The van der Waals surface area contributed by atoms with Gasteiger partial charge in [0.15, 0.2) is 0 Å². The summed E-state index contributed by atoms with van der Waals surface area (Å²) in [5.41, 5.74) is 9.25. The molecule has 0 bridgehead atoms. The van der Waals surface area contributed by atoms with Gasteiger partial charge in [-0.25, -0.2) is 0 Å². The zero-order valence-electron chi connectivity index (χ0n) is 10.8. The molecule has 1 atom stereocenters. The lowest BCUT2D eigenvalue weighted by Crippen LogP contribution is -2.13. The molecule has 0 saturated heterocycles. The van der Waals surface area contributed by atoms with Gasteiger partial charge in [0.1, 0.15) is 5.75 Å². The van der Waals surface area contributed by atoms with Crippen molar-refractivity contribution < 1.29 is 4.74 Å². The van der Waals surface area contributed by atoms with Gasteiger partial charge in [0, 0.05) is 9.50 Å². The van der Waals surface area contributed by atoms with Crippen molar-refractivity contribution in [2.24, 2.45) is 5.73 Å². The Balaban J connectivity index is 2.44. The van der Waals surface area contributed by atoms with Gasteiger partial charge in [-0.3, -0.25) is 0 Å². The van der Waals surface area contributed by atoms with Gasteiger partial charge in [-0.15, -0.1) is 0 Å². The minimum atomic E-state index is -0.271. The average molecular weight is 341 g/mol. The second-order valence-electron chi connectivity index (χ2n) is 4.34. The molecule has 100 valence electrons. The van der Waals surface area contributed by atoms with Crippen LogP contribution in [-0.4, -0.2) is 7.11 Å². The molecule has 0 aliphatic rings. The minimum Gasteiger partial charge on any atom is -0.497 e. The number of methoxy groups -OCH3 is 1. The lowest BCUT2D eigenvalue weighted by Gasteiger charge is -2.17. The fourth-order valence-electron chi connectivity index (χ4n) is 1.96. The SMILES string of the molecule is COc1ccc(C(N)c2cccc(C)c2Cl)c(Br)c1. The van der Waals surface area contributed by atoms with E-state index >= 15 is 0 Å². The van der Waals surface area contributed by atoms with Crippen LogP contribution in [0, 0.1) is 6.92 Å². The van der Waals surface area contributed by atoms with Crippen molar-refractivity contribution in [2.45, 2.75) is 13.0 Å². The van der Waals surface area contributed by atoms with E-state index in [0.717, 1.165) is 31.9 Å². The molecular formula is C15H15BrClNO. The highest BCUT2D eigenvalue weighted by atomic mass is 79.9. The molecule has 0 radical (unpaired) electrons. The van der Waals surface area contributed by atoms with E-state index in [9.17, 15) is 0 Å². The van der Waals surface area contributed by atoms with E-state index in [1.165, 1.54) is 0 Å². The molecule has 2 N–H and O–H groups in total. The van der Waals surface area contributed by atoms with Crippen LogP contribution in [0.15, 0.2) is 40.9 Å². The first kappa shape index (κ1) is 14.4. The van der Waals surface area contributed by atoms with Gasteiger partial charge >= 0.3 is 0 Å². The number of halogens is 2. The van der Waals surface area contributed by atoms with Crippen molar-refractivity contribution in [1.82, 2.24) is 0 Å². The van der Waals surface area contributed by atoms with Crippen LogP contribution >= 0.6 is 27.5 Å². The summed E-state index contributed by atoms with van der Waals surface area (Å²) in [6.45, 7) is 1.97. The van der Waals surface area contributed by atoms with Gasteiger partial charge < -0.3 is 10.5 Å². The summed E-state index contributed by atoms with van der Waals surface area (Å²) >= 11 is 9.85. The van der Waals surface area contributed by atoms with E-state index in [0.29, 0.717) is 0 Å². The van der Waals surface area contributed by atoms with E-state index in [2.05, 4.69) is 15.9 Å². The highest BCUT2D eigenvalue weighted by Crippen LogP contribution is 2.33. The van der Waals surface area contributed by atoms with Crippen LogP contribution in [0.2, 0.25) is 5.02 Å². The number of hydrogen-bond donors (Lipinski definition) is 1. The van der Waals surface area contributed by atoms with Crippen molar-refractivity contribution >= 4 is 27.5 Å². The van der Waals surface area contributed by atoms with Gasteiger partial charge in [0.05, 0.1) is 13.2 Å². The summed E-state index contributed by atoms with van der Waals surface area (Å²) in [4.78, 5) is 0. The lowest BCUT2D eigenvalue weighted by atomic mass is 9.98. The summed E-state index contributed by atoms with van der Waals surface area (Å²) in [5, 5.41) is 0.720. The topological polar surface area (TPSA) is 35.2 Å². The molecule has 0 fully saturated rings. The zero-order valence-corrected chi connectivity index (χ0v) is 13.1. The van der Waals surface area contributed by atoms with E-state index in [-0.39, 0.29) is 6.04 Å². The molecule has 0 aliphatic carbocycles. The van der Waals surface area contributed by atoms with Crippen LogP contribution < -0.4 is 10.5 Å². The summed E-state index contributed by atoms with van der Waals surface area (Å²) in [5.74, 6) is 0.790. The van der Waals surface area contributed by atoms with E-state index < -0.39 is 0 Å². The molecule has 4 heteroatoms. The molecular weight excluding hydrogens is 326 g/mol. The first-order valence-corrected chi connectivity index (χ1v) is 7.05. The van der Waals surface area contributed by atoms with Crippen LogP contribution in [0.4, 0.5) is 0 Å². The Labute approximate surface area is 126 Å². The molecule has 2 nitrogen and oxygen atoms in total. The Hall–Kier alpha value is -1.03. The Morgan fingerprint density at radius 2 is 1.95 bits per heavy atom. The number of benzene rings is 2. The van der Waals surface area contributed by atoms with E-state index in [1.54, 1.807) is 7.11 Å². The molecule has 0 aromatic heterocycles. The van der Waals surface area contributed by atoms with Crippen molar-refractivity contribution in [2.75, 3.05) is 7.11 Å². The highest BCUT2D eigenvalue weighted by molar-refractivity contribution is 9.10. The van der Waals surface area contributed by atoms with Gasteiger partial charge in [-0.1, -0.05) is 51.8 Å². The summed E-state index contributed by atoms with van der Waals surface area (Å²) in [6, 6.07) is 11.4. The number of rotatable bonds is 3. The van der Waals surface area contributed by atoms with Gasteiger partial charge in [-0.2, -0.15) is 0 Å². The number of ether oxygens (including phenoxy) is 1. The average Bonchev–Trinajstić information content (AvgIpc) is 2.41. The number of nitrogens with two attached hydrogens (primary N) is 1. The van der Waals surface area contributed by atoms with Crippen LogP contribution in [-0.2, 0) is 0 Å². The van der Waals surface area contributed by atoms with Crippen molar-refractivity contribution in [3.8, 4) is 5.75 Å². The van der Waals surface area contributed by atoms with Crippen LogP contribution in [0.1, 0.15) is 22.7 Å². The molecule has 2 aromatic rings. The van der Waals surface area contributed by atoms with Gasteiger partial charge in [-0.05, 0) is 35.7 Å². The monoisotopic (exact) mass is 339 g/mol. The molecule has 2 aromatic carbocycles. The fourth-order valence-corrected chi connectivity index (χ4v) is 2.81. The lowest BCUT2D eigenvalue weighted by molar-refractivity contribution is 0.414. The van der Waals surface area contributed by atoms with E-state index in [1.807, 2.05) is 43.3 Å². The smallest absolute Gasteiger partial charge is 0.120 e. The molecule has 0 spiro atoms. The third-order valence-corrected chi connectivity index (χ3v) is 4.30. The quantitative estimate of drug-likeness (QED) is 0.895. The maximum atomic E-state index is 6.33. The van der Waals surface area contributed by atoms with Crippen molar-refractivity contribution in [3.63, 3.8) is 0 Å². The first-order valence-electron chi connectivity index (χ1n) is 5.88. The second kappa shape index (κ2) is 5.95. The number of aryl methyl sites for hydroxylation is 1. The highest BCUT2D eigenvalue weighted by Gasteiger charge is 2.16. The summed E-state index contributed by atoms with van der Waals surface area (Å²) in [6.07, 6.45) is 0. The largest absolute Gasteiger partial charge is 0.497 e. The molecule has 0 heterocycles. The predicted octanol–water partition coefficient (Wildman–Crippen LogP) is 4.47. The Morgan fingerprint density at radius 3 is 2.58 bits per heavy atom. The first-order chi connectivity index (χ1) is 9.04. The number of hydrogen-bond acceptors (Lipinski definition) is 2. The molecule has 0 aliphatic heterocycles. The third-order valence-electron chi connectivity index (χ3n) is 3.10. The Kier molecular flexibility index (Phi) is 4.50. The maximum Gasteiger partial charge on any atom is 0.120 e. The Morgan fingerprint density at radius 1 is 1.21 bits per heavy atom.